The van der Waals surface area contributed by atoms with Crippen molar-refractivity contribution in [2.75, 3.05) is 6.54 Å². The second-order valence-electron chi connectivity index (χ2n) is 5.41. The zero-order chi connectivity index (χ0) is 17.8. The van der Waals surface area contributed by atoms with Gasteiger partial charge in [0.2, 0.25) is 0 Å². The van der Waals surface area contributed by atoms with Gasteiger partial charge in [-0.3, -0.25) is 14.5 Å². The van der Waals surface area contributed by atoms with Crippen LogP contribution in [-0.2, 0) is 11.4 Å². The average molecular weight is 374 g/mol. The molecule has 0 radical (unpaired) electrons. The Balaban J connectivity index is 1.64. The Kier molecular flexibility index (Phi) is 5.46. The summed E-state index contributed by atoms with van der Waals surface area (Å²) in [4.78, 5) is 25.5. The number of nitrogens with zero attached hydrogens (tertiary/aromatic N) is 1. The Morgan fingerprint density at radius 2 is 1.76 bits per heavy atom. The molecular weight excluding hydrogens is 358 g/mol. The molecule has 1 fully saturated rings. The van der Waals surface area contributed by atoms with Crippen LogP contribution in [0.3, 0.4) is 0 Å². The molecule has 0 unspecified atom stereocenters. The van der Waals surface area contributed by atoms with Crippen LogP contribution in [-0.4, -0.2) is 22.6 Å². The molecule has 1 aliphatic rings. The van der Waals surface area contributed by atoms with Crippen molar-refractivity contribution in [1.29, 1.82) is 0 Å². The number of thioether (sulfide) groups is 1. The lowest BCUT2D eigenvalue weighted by Crippen LogP contribution is -2.27. The Morgan fingerprint density at radius 1 is 1.08 bits per heavy atom. The number of halogens is 1. The fourth-order valence-electron chi connectivity index (χ4n) is 2.33. The largest absolute Gasteiger partial charge is 0.489 e. The molecule has 2 aromatic carbocycles. The number of benzene rings is 2. The summed E-state index contributed by atoms with van der Waals surface area (Å²) < 4.78 is 5.73. The van der Waals surface area contributed by atoms with Crippen LogP contribution in [0.1, 0.15) is 18.1 Å². The van der Waals surface area contributed by atoms with Crippen molar-refractivity contribution < 1.29 is 14.3 Å². The molecule has 0 aromatic heterocycles. The second kappa shape index (κ2) is 7.76. The molecule has 128 valence electrons. The van der Waals surface area contributed by atoms with Gasteiger partial charge in [-0.1, -0.05) is 35.9 Å². The van der Waals surface area contributed by atoms with E-state index in [0.29, 0.717) is 23.1 Å². The highest BCUT2D eigenvalue weighted by Crippen LogP contribution is 2.32. The van der Waals surface area contributed by atoms with Crippen LogP contribution in [0, 0.1) is 0 Å². The molecule has 0 N–H and O–H groups in total. The SMILES string of the molecule is CCN1C(=O)SC(=Cc2ccc(OCc3ccc(Cl)cc3)cc2)C1=O. The predicted molar refractivity (Wildman–Crippen MR) is 101 cm³/mol. The fraction of sp³-hybridized carbons (Fsp3) is 0.158. The first-order valence-corrected chi connectivity index (χ1v) is 8.99. The van der Waals surface area contributed by atoms with E-state index in [1.807, 2.05) is 48.5 Å². The monoisotopic (exact) mass is 373 g/mol. The Morgan fingerprint density at radius 3 is 2.36 bits per heavy atom. The summed E-state index contributed by atoms with van der Waals surface area (Å²) in [6, 6.07) is 14.9. The zero-order valence-corrected chi connectivity index (χ0v) is 15.1. The molecule has 6 heteroatoms. The standard InChI is InChI=1S/C19H16ClNO3S/c1-2-21-18(22)17(25-19(21)23)11-13-5-9-16(10-6-13)24-12-14-3-7-15(20)8-4-14/h3-11H,2,12H2,1H3. The van der Waals surface area contributed by atoms with E-state index >= 15 is 0 Å². The second-order valence-corrected chi connectivity index (χ2v) is 6.84. The number of ether oxygens (including phenoxy) is 1. The molecule has 1 heterocycles. The van der Waals surface area contributed by atoms with Gasteiger partial charge in [0.25, 0.3) is 11.1 Å². The van der Waals surface area contributed by atoms with Crippen molar-refractivity contribution in [2.24, 2.45) is 0 Å². The lowest BCUT2D eigenvalue weighted by molar-refractivity contribution is -0.122. The van der Waals surface area contributed by atoms with Gasteiger partial charge in [-0.05, 0) is 60.2 Å². The van der Waals surface area contributed by atoms with Crippen molar-refractivity contribution in [1.82, 2.24) is 4.90 Å². The van der Waals surface area contributed by atoms with Crippen LogP contribution in [0.5, 0.6) is 5.75 Å². The van der Waals surface area contributed by atoms with Crippen molar-refractivity contribution >= 4 is 40.6 Å². The van der Waals surface area contributed by atoms with E-state index in [4.69, 9.17) is 16.3 Å². The molecule has 4 nitrogen and oxygen atoms in total. The topological polar surface area (TPSA) is 46.6 Å². The number of rotatable bonds is 5. The van der Waals surface area contributed by atoms with Gasteiger partial charge in [0.05, 0.1) is 4.91 Å². The first-order valence-electron chi connectivity index (χ1n) is 7.79. The summed E-state index contributed by atoms with van der Waals surface area (Å²) >= 11 is 6.83. The summed E-state index contributed by atoms with van der Waals surface area (Å²) in [5.41, 5.74) is 1.88. The van der Waals surface area contributed by atoms with Crippen LogP contribution < -0.4 is 4.74 Å². The van der Waals surface area contributed by atoms with Crippen molar-refractivity contribution in [3.63, 3.8) is 0 Å². The molecule has 2 amide bonds. The summed E-state index contributed by atoms with van der Waals surface area (Å²) in [6.45, 7) is 2.62. The van der Waals surface area contributed by atoms with Gasteiger partial charge in [0, 0.05) is 11.6 Å². The number of carbonyl (C=O) groups excluding carboxylic acids is 2. The average Bonchev–Trinajstić information content (AvgIpc) is 2.88. The number of carbonyl (C=O) groups is 2. The van der Waals surface area contributed by atoms with Gasteiger partial charge in [-0.25, -0.2) is 0 Å². The van der Waals surface area contributed by atoms with Crippen molar-refractivity contribution in [3.8, 4) is 5.75 Å². The molecule has 1 aliphatic heterocycles. The highest BCUT2D eigenvalue weighted by molar-refractivity contribution is 8.18. The summed E-state index contributed by atoms with van der Waals surface area (Å²) in [7, 11) is 0. The smallest absolute Gasteiger partial charge is 0.293 e. The summed E-state index contributed by atoms with van der Waals surface area (Å²) in [5.74, 6) is 0.495. The normalized spacial score (nSPS) is 15.9. The Bertz CT molecular complexity index is 816. The van der Waals surface area contributed by atoms with Gasteiger partial charge in [-0.2, -0.15) is 0 Å². The number of hydrogen-bond donors (Lipinski definition) is 0. The third-order valence-electron chi connectivity index (χ3n) is 3.69. The van der Waals surface area contributed by atoms with E-state index in [0.717, 1.165) is 28.6 Å². The maximum absolute atomic E-state index is 12.1. The Hall–Kier alpha value is -2.24. The molecular formula is C19H16ClNO3S. The lowest BCUT2D eigenvalue weighted by Gasteiger charge is -2.07. The zero-order valence-electron chi connectivity index (χ0n) is 13.6. The minimum Gasteiger partial charge on any atom is -0.489 e. The maximum atomic E-state index is 12.1. The first-order chi connectivity index (χ1) is 12.1. The van der Waals surface area contributed by atoms with Crippen LogP contribution in [0.2, 0.25) is 5.02 Å². The first kappa shape index (κ1) is 17.6. The van der Waals surface area contributed by atoms with Crippen molar-refractivity contribution in [3.05, 3.63) is 69.6 Å². The van der Waals surface area contributed by atoms with E-state index < -0.39 is 0 Å². The molecule has 0 aliphatic carbocycles. The van der Waals surface area contributed by atoms with E-state index in [1.54, 1.807) is 13.0 Å². The van der Waals surface area contributed by atoms with E-state index in [2.05, 4.69) is 0 Å². The molecule has 2 aromatic rings. The Labute approximate surface area is 155 Å². The van der Waals surface area contributed by atoms with Gasteiger partial charge in [0.15, 0.2) is 0 Å². The third-order valence-corrected chi connectivity index (χ3v) is 4.85. The predicted octanol–water partition coefficient (Wildman–Crippen LogP) is 4.98. The molecule has 0 spiro atoms. The number of imide groups is 1. The minimum absolute atomic E-state index is 0.221. The lowest BCUT2D eigenvalue weighted by atomic mass is 10.2. The van der Waals surface area contributed by atoms with Crippen LogP contribution in [0.15, 0.2) is 53.4 Å². The van der Waals surface area contributed by atoms with Crippen LogP contribution >= 0.6 is 23.4 Å². The van der Waals surface area contributed by atoms with Gasteiger partial charge < -0.3 is 4.74 Å². The van der Waals surface area contributed by atoms with Crippen LogP contribution in [0.25, 0.3) is 6.08 Å². The third kappa shape index (κ3) is 4.24. The van der Waals surface area contributed by atoms with Crippen LogP contribution in [0.4, 0.5) is 4.79 Å². The van der Waals surface area contributed by atoms with Crippen molar-refractivity contribution in [2.45, 2.75) is 13.5 Å². The fourth-order valence-corrected chi connectivity index (χ4v) is 3.36. The van der Waals surface area contributed by atoms with Gasteiger partial charge in [0.1, 0.15) is 12.4 Å². The van der Waals surface area contributed by atoms with E-state index in [1.165, 1.54) is 4.90 Å². The van der Waals surface area contributed by atoms with E-state index in [9.17, 15) is 9.59 Å². The minimum atomic E-state index is -0.236. The molecule has 0 atom stereocenters. The molecule has 0 bridgehead atoms. The number of likely N-dealkylation sites (N-methyl/N-ethyl adjacent to an activating group) is 1. The summed E-state index contributed by atoms with van der Waals surface area (Å²) in [5, 5.41) is 0.474. The van der Waals surface area contributed by atoms with Gasteiger partial charge in [-0.15, -0.1) is 0 Å². The molecule has 3 rings (SSSR count). The maximum Gasteiger partial charge on any atom is 0.293 e. The molecule has 0 saturated carbocycles. The highest BCUT2D eigenvalue weighted by Gasteiger charge is 2.33. The highest BCUT2D eigenvalue weighted by atomic mass is 35.5. The number of hydrogen-bond acceptors (Lipinski definition) is 4. The molecule has 1 saturated heterocycles. The number of amides is 2. The van der Waals surface area contributed by atoms with Gasteiger partial charge >= 0.3 is 0 Å². The summed E-state index contributed by atoms with van der Waals surface area (Å²) in [6.07, 6.45) is 1.73. The quantitative estimate of drug-likeness (QED) is 0.694. The molecule has 25 heavy (non-hydrogen) atoms. The van der Waals surface area contributed by atoms with E-state index in [-0.39, 0.29) is 11.1 Å².